The second-order valence-corrected chi connectivity index (χ2v) is 4.33. The largest absolute Gasteiger partial charge is 0.365 e. The van der Waals surface area contributed by atoms with Gasteiger partial charge in [0.15, 0.2) is 6.17 Å². The normalized spacial score (nSPS) is 20.8. The number of hydrogen-bond acceptors (Lipinski definition) is 2. The van der Waals surface area contributed by atoms with Crippen molar-refractivity contribution in [1.29, 1.82) is 0 Å². The molecule has 1 heterocycles. The van der Waals surface area contributed by atoms with E-state index in [0.29, 0.717) is 5.82 Å². The molecule has 0 aromatic heterocycles. The monoisotopic (exact) mass is 238 g/mol. The minimum absolute atomic E-state index is 0.179. The van der Waals surface area contributed by atoms with E-state index in [2.05, 4.69) is 23.3 Å². The van der Waals surface area contributed by atoms with Gasteiger partial charge in [0.25, 0.3) is 5.91 Å². The van der Waals surface area contributed by atoms with Crippen molar-refractivity contribution in [3.8, 4) is 0 Å². The van der Waals surface area contributed by atoms with Crippen LogP contribution >= 0.6 is 0 Å². The Morgan fingerprint density at radius 2 is 2.35 bits per heavy atom. The first kappa shape index (κ1) is 13.5. The van der Waals surface area contributed by atoms with E-state index in [9.17, 15) is 9.18 Å². The molecule has 0 aromatic rings. The maximum Gasteiger partial charge on any atom is 0.264 e. The molecule has 2 N–H and O–H groups in total. The molecule has 1 rings (SSSR count). The van der Waals surface area contributed by atoms with Crippen molar-refractivity contribution in [2.45, 2.75) is 39.4 Å². The Kier molecular flexibility index (Phi) is 4.49. The van der Waals surface area contributed by atoms with Gasteiger partial charge in [0, 0.05) is 6.04 Å². The topological polar surface area (TPSA) is 41.1 Å². The number of carbonyl (C=O) groups is 1. The highest BCUT2D eigenvalue weighted by atomic mass is 19.1. The van der Waals surface area contributed by atoms with Crippen molar-refractivity contribution in [3.63, 3.8) is 0 Å². The van der Waals surface area contributed by atoms with E-state index >= 15 is 0 Å². The maximum atomic E-state index is 13.4. The number of alkyl halides is 1. The smallest absolute Gasteiger partial charge is 0.264 e. The number of amides is 1. The van der Waals surface area contributed by atoms with Gasteiger partial charge in [0.2, 0.25) is 0 Å². The van der Waals surface area contributed by atoms with Crippen molar-refractivity contribution >= 4 is 5.91 Å². The van der Waals surface area contributed by atoms with Crippen LogP contribution in [-0.4, -0.2) is 18.1 Å². The van der Waals surface area contributed by atoms with Gasteiger partial charge < -0.3 is 10.6 Å². The summed E-state index contributed by atoms with van der Waals surface area (Å²) in [6, 6.07) is 0.179. The SMILES string of the molecule is C=C(C)C(F)C(=O)NC1=CC(C)=CC(CC)N1. The third-order valence-corrected chi connectivity index (χ3v) is 2.54. The fourth-order valence-electron chi connectivity index (χ4n) is 1.59. The molecule has 1 aliphatic heterocycles. The van der Waals surface area contributed by atoms with Crippen LogP contribution in [0.2, 0.25) is 0 Å². The molecule has 3 nitrogen and oxygen atoms in total. The second-order valence-electron chi connectivity index (χ2n) is 4.33. The Labute approximate surface area is 101 Å². The minimum Gasteiger partial charge on any atom is -0.365 e. The summed E-state index contributed by atoms with van der Waals surface area (Å²) in [6.07, 6.45) is 3.10. The van der Waals surface area contributed by atoms with Gasteiger partial charge in [-0.15, -0.1) is 0 Å². The van der Waals surface area contributed by atoms with E-state index in [1.54, 1.807) is 6.08 Å². The third-order valence-electron chi connectivity index (χ3n) is 2.54. The van der Waals surface area contributed by atoms with Crippen LogP contribution in [0.4, 0.5) is 4.39 Å². The predicted molar refractivity (Wildman–Crippen MR) is 66.9 cm³/mol. The summed E-state index contributed by atoms with van der Waals surface area (Å²) in [5.41, 5.74) is 1.26. The highest BCUT2D eigenvalue weighted by molar-refractivity contribution is 5.85. The average molecular weight is 238 g/mol. The van der Waals surface area contributed by atoms with Gasteiger partial charge in [0.05, 0.1) is 0 Å². The number of dihydropyridines is 1. The van der Waals surface area contributed by atoms with Gasteiger partial charge in [-0.05, 0) is 37.5 Å². The van der Waals surface area contributed by atoms with Crippen LogP contribution in [0.3, 0.4) is 0 Å². The number of hydrogen-bond donors (Lipinski definition) is 2. The molecular weight excluding hydrogens is 219 g/mol. The van der Waals surface area contributed by atoms with Crippen molar-refractivity contribution in [3.05, 3.63) is 35.7 Å². The number of allylic oxidation sites excluding steroid dienone is 2. The standard InChI is InChI=1S/C13H19FN2O/c1-5-10-6-9(4)7-11(15-10)16-13(17)12(14)8(2)3/h6-7,10,12,15H,2,5H2,1,3-4H3,(H,16,17). The molecule has 1 aliphatic rings. The van der Waals surface area contributed by atoms with E-state index in [4.69, 9.17) is 0 Å². The molecule has 0 aromatic carbocycles. The molecule has 0 bridgehead atoms. The molecule has 2 unspecified atom stereocenters. The number of carbonyl (C=O) groups excluding carboxylic acids is 1. The molecule has 4 heteroatoms. The molecule has 0 spiro atoms. The first-order chi connectivity index (χ1) is 7.93. The Balaban J connectivity index is 2.67. The van der Waals surface area contributed by atoms with Crippen molar-refractivity contribution < 1.29 is 9.18 Å². The van der Waals surface area contributed by atoms with Crippen molar-refractivity contribution in [1.82, 2.24) is 10.6 Å². The molecule has 0 fully saturated rings. The quantitative estimate of drug-likeness (QED) is 0.737. The molecule has 17 heavy (non-hydrogen) atoms. The lowest BCUT2D eigenvalue weighted by Crippen LogP contribution is -2.41. The molecule has 0 aliphatic carbocycles. The van der Waals surface area contributed by atoms with Gasteiger partial charge >= 0.3 is 0 Å². The first-order valence-electron chi connectivity index (χ1n) is 5.71. The zero-order chi connectivity index (χ0) is 13.0. The number of halogens is 1. The fraction of sp³-hybridized carbons (Fsp3) is 0.462. The summed E-state index contributed by atoms with van der Waals surface area (Å²) in [7, 11) is 0. The van der Waals surface area contributed by atoms with E-state index in [1.165, 1.54) is 6.92 Å². The van der Waals surface area contributed by atoms with Crippen LogP contribution < -0.4 is 10.6 Å². The average Bonchev–Trinajstić information content (AvgIpc) is 2.26. The van der Waals surface area contributed by atoms with Crippen LogP contribution in [0.1, 0.15) is 27.2 Å². The number of nitrogens with one attached hydrogen (secondary N) is 2. The first-order valence-corrected chi connectivity index (χ1v) is 5.71. The van der Waals surface area contributed by atoms with Crippen molar-refractivity contribution in [2.24, 2.45) is 0 Å². The van der Waals surface area contributed by atoms with Crippen molar-refractivity contribution in [2.75, 3.05) is 0 Å². The Morgan fingerprint density at radius 1 is 1.71 bits per heavy atom. The van der Waals surface area contributed by atoms with Crippen LogP contribution in [0, 0.1) is 0 Å². The summed E-state index contributed by atoms with van der Waals surface area (Å²) < 4.78 is 13.4. The molecule has 2 atom stereocenters. The summed E-state index contributed by atoms with van der Waals surface area (Å²) in [4.78, 5) is 11.5. The van der Waals surface area contributed by atoms with Gasteiger partial charge in [-0.1, -0.05) is 19.6 Å². The van der Waals surface area contributed by atoms with Gasteiger partial charge in [-0.25, -0.2) is 4.39 Å². The third kappa shape index (κ3) is 3.73. The van der Waals surface area contributed by atoms with E-state index in [0.717, 1.165) is 12.0 Å². The van der Waals surface area contributed by atoms with Crippen LogP contribution in [0.5, 0.6) is 0 Å². The van der Waals surface area contributed by atoms with E-state index in [-0.39, 0.29) is 11.6 Å². The van der Waals surface area contributed by atoms with Crippen LogP contribution in [-0.2, 0) is 4.79 Å². The van der Waals surface area contributed by atoms with Gasteiger partial charge in [0.1, 0.15) is 5.82 Å². The molecule has 1 amide bonds. The van der Waals surface area contributed by atoms with Crippen LogP contribution in [0.25, 0.3) is 0 Å². The Morgan fingerprint density at radius 3 is 2.88 bits per heavy atom. The van der Waals surface area contributed by atoms with E-state index < -0.39 is 12.1 Å². The summed E-state index contributed by atoms with van der Waals surface area (Å²) in [6.45, 7) is 8.91. The summed E-state index contributed by atoms with van der Waals surface area (Å²) in [5, 5.41) is 5.64. The van der Waals surface area contributed by atoms with Crippen LogP contribution in [0.15, 0.2) is 35.7 Å². The molecular formula is C13H19FN2O. The summed E-state index contributed by atoms with van der Waals surface area (Å²) in [5.74, 6) is -0.133. The van der Waals surface area contributed by atoms with Gasteiger partial charge in [-0.3, -0.25) is 4.79 Å². The molecule has 0 saturated heterocycles. The lowest BCUT2D eigenvalue weighted by molar-refractivity contribution is -0.124. The maximum absolute atomic E-state index is 13.4. The minimum atomic E-state index is -1.66. The summed E-state index contributed by atoms with van der Waals surface area (Å²) >= 11 is 0. The Bertz CT molecular complexity index is 385. The predicted octanol–water partition coefficient (Wildman–Crippen LogP) is 2.19. The second kappa shape index (κ2) is 5.66. The molecule has 0 radical (unpaired) electrons. The molecule has 94 valence electrons. The van der Waals surface area contributed by atoms with Gasteiger partial charge in [-0.2, -0.15) is 0 Å². The zero-order valence-electron chi connectivity index (χ0n) is 10.5. The fourth-order valence-corrected chi connectivity index (χ4v) is 1.59. The number of rotatable bonds is 4. The highest BCUT2D eigenvalue weighted by Gasteiger charge is 2.20. The highest BCUT2D eigenvalue weighted by Crippen LogP contribution is 2.11. The Hall–Kier alpha value is -1.58. The lowest BCUT2D eigenvalue weighted by Gasteiger charge is -2.23. The van der Waals surface area contributed by atoms with E-state index in [1.807, 2.05) is 13.8 Å². The zero-order valence-corrected chi connectivity index (χ0v) is 10.5. The lowest BCUT2D eigenvalue weighted by atomic mass is 10.1. The molecule has 0 saturated carbocycles.